The fourth-order valence-electron chi connectivity index (χ4n) is 1.42. The zero-order valence-electron chi connectivity index (χ0n) is 10.2. The summed E-state index contributed by atoms with van der Waals surface area (Å²) in [5.41, 5.74) is -0.371. The number of rotatable bonds is 5. The van der Waals surface area contributed by atoms with Crippen LogP contribution in [0.1, 0.15) is 18.4 Å². The van der Waals surface area contributed by atoms with Crippen molar-refractivity contribution in [3.05, 3.63) is 28.2 Å². The Morgan fingerprint density at radius 1 is 1.37 bits per heavy atom. The predicted octanol–water partition coefficient (Wildman–Crippen LogP) is 3.83. The Morgan fingerprint density at radius 3 is 2.63 bits per heavy atom. The summed E-state index contributed by atoms with van der Waals surface area (Å²) < 4.78 is 42.5. The lowest BCUT2D eigenvalue weighted by Crippen LogP contribution is -2.09. The molecule has 1 aromatic carbocycles. The van der Waals surface area contributed by atoms with Crippen molar-refractivity contribution in [3.63, 3.8) is 0 Å². The summed E-state index contributed by atoms with van der Waals surface area (Å²) in [6.45, 7) is 0.392. The number of alkyl halides is 3. The van der Waals surface area contributed by atoms with Crippen LogP contribution in [0.2, 0.25) is 0 Å². The Bertz CT molecular complexity index is 449. The molecule has 19 heavy (non-hydrogen) atoms. The van der Waals surface area contributed by atoms with Gasteiger partial charge in [0.15, 0.2) is 0 Å². The third-order valence-electron chi connectivity index (χ3n) is 2.34. The molecule has 0 heterocycles. The first-order chi connectivity index (χ1) is 8.82. The third kappa shape index (κ3) is 5.50. The molecule has 7 heteroatoms. The SMILES string of the molecule is COC(=O)CCCNc1cc(Br)cc(C(F)(F)F)c1. The molecule has 0 unspecified atom stereocenters. The zero-order valence-corrected chi connectivity index (χ0v) is 11.8. The van der Waals surface area contributed by atoms with Crippen LogP contribution in [0, 0.1) is 0 Å². The van der Waals surface area contributed by atoms with Crippen molar-refractivity contribution in [2.24, 2.45) is 0 Å². The van der Waals surface area contributed by atoms with Gasteiger partial charge in [0.1, 0.15) is 0 Å². The number of methoxy groups -OCH3 is 1. The first-order valence-corrected chi connectivity index (χ1v) is 6.30. The molecule has 0 radical (unpaired) electrons. The number of carbonyl (C=O) groups is 1. The van der Waals surface area contributed by atoms with Crippen molar-refractivity contribution in [1.29, 1.82) is 0 Å². The van der Waals surface area contributed by atoms with Crippen molar-refractivity contribution in [2.75, 3.05) is 19.0 Å². The Kier molecular flexibility index (Phi) is 5.65. The number of esters is 1. The highest BCUT2D eigenvalue weighted by Crippen LogP contribution is 2.33. The molecule has 0 spiro atoms. The van der Waals surface area contributed by atoms with Gasteiger partial charge in [0.05, 0.1) is 12.7 Å². The minimum absolute atomic E-state index is 0.226. The maximum atomic E-state index is 12.6. The number of benzene rings is 1. The molecule has 0 amide bonds. The summed E-state index contributed by atoms with van der Waals surface area (Å²) in [5, 5.41) is 2.84. The van der Waals surface area contributed by atoms with Crippen molar-refractivity contribution in [2.45, 2.75) is 19.0 Å². The molecule has 0 aliphatic rings. The van der Waals surface area contributed by atoms with Gasteiger partial charge in [-0.1, -0.05) is 15.9 Å². The predicted molar refractivity (Wildman–Crippen MR) is 68.9 cm³/mol. The molecule has 0 aromatic heterocycles. The summed E-state index contributed by atoms with van der Waals surface area (Å²) in [6, 6.07) is 3.59. The summed E-state index contributed by atoms with van der Waals surface area (Å²) in [5.74, 6) is -0.341. The molecule has 0 bridgehead atoms. The molecular formula is C12H13BrF3NO2. The fraction of sp³-hybridized carbons (Fsp3) is 0.417. The van der Waals surface area contributed by atoms with Crippen LogP contribution in [0.15, 0.2) is 22.7 Å². The highest BCUT2D eigenvalue weighted by atomic mass is 79.9. The van der Waals surface area contributed by atoms with E-state index in [0.717, 1.165) is 12.1 Å². The standard InChI is InChI=1S/C12H13BrF3NO2/c1-19-11(18)3-2-4-17-10-6-8(12(14,15)16)5-9(13)7-10/h5-7,17H,2-4H2,1H3. The second kappa shape index (κ2) is 6.79. The summed E-state index contributed by atoms with van der Waals surface area (Å²) in [6.07, 6.45) is -3.67. The maximum absolute atomic E-state index is 12.6. The van der Waals surface area contributed by atoms with Gasteiger partial charge in [0.2, 0.25) is 0 Å². The van der Waals surface area contributed by atoms with E-state index in [1.54, 1.807) is 6.07 Å². The van der Waals surface area contributed by atoms with E-state index in [9.17, 15) is 18.0 Å². The van der Waals surface area contributed by atoms with E-state index in [1.807, 2.05) is 0 Å². The van der Waals surface area contributed by atoms with Crippen molar-refractivity contribution in [3.8, 4) is 0 Å². The first kappa shape index (κ1) is 15.8. The van der Waals surface area contributed by atoms with Gasteiger partial charge in [-0.3, -0.25) is 4.79 Å². The van der Waals surface area contributed by atoms with Crippen LogP contribution in [0.5, 0.6) is 0 Å². The summed E-state index contributed by atoms with van der Waals surface area (Å²) in [7, 11) is 1.29. The lowest BCUT2D eigenvalue weighted by molar-refractivity contribution is -0.140. The minimum atomic E-state index is -4.38. The second-order valence-corrected chi connectivity index (χ2v) is 4.75. The molecule has 0 aliphatic heterocycles. The van der Waals surface area contributed by atoms with E-state index in [0.29, 0.717) is 23.1 Å². The lowest BCUT2D eigenvalue weighted by Gasteiger charge is -2.11. The summed E-state index contributed by atoms with van der Waals surface area (Å²) >= 11 is 3.03. The maximum Gasteiger partial charge on any atom is 0.416 e. The molecule has 0 fully saturated rings. The van der Waals surface area contributed by atoms with Gasteiger partial charge in [0.25, 0.3) is 0 Å². The highest BCUT2D eigenvalue weighted by Gasteiger charge is 2.31. The Hall–Kier alpha value is -1.24. The van der Waals surface area contributed by atoms with E-state index in [2.05, 4.69) is 26.0 Å². The van der Waals surface area contributed by atoms with Crippen LogP contribution >= 0.6 is 15.9 Å². The van der Waals surface area contributed by atoms with Gasteiger partial charge in [-0.15, -0.1) is 0 Å². The average Bonchev–Trinajstić information content (AvgIpc) is 2.32. The average molecular weight is 340 g/mol. The highest BCUT2D eigenvalue weighted by molar-refractivity contribution is 9.10. The summed E-state index contributed by atoms with van der Waals surface area (Å²) in [4.78, 5) is 10.9. The molecule has 1 aromatic rings. The monoisotopic (exact) mass is 339 g/mol. The zero-order chi connectivity index (χ0) is 14.5. The Morgan fingerprint density at radius 2 is 2.05 bits per heavy atom. The molecule has 106 valence electrons. The van der Waals surface area contributed by atoms with Gasteiger partial charge in [-0.05, 0) is 24.6 Å². The first-order valence-electron chi connectivity index (χ1n) is 5.51. The molecule has 0 saturated heterocycles. The molecule has 1 N–H and O–H groups in total. The smallest absolute Gasteiger partial charge is 0.416 e. The number of ether oxygens (including phenoxy) is 1. The van der Waals surface area contributed by atoms with Gasteiger partial charge < -0.3 is 10.1 Å². The van der Waals surface area contributed by atoms with Crippen molar-refractivity contribution in [1.82, 2.24) is 0 Å². The molecule has 1 rings (SSSR count). The van der Waals surface area contributed by atoms with Crippen LogP contribution in [-0.2, 0) is 15.7 Å². The van der Waals surface area contributed by atoms with E-state index >= 15 is 0 Å². The third-order valence-corrected chi connectivity index (χ3v) is 2.80. The number of hydrogen-bond donors (Lipinski definition) is 1. The van der Waals surface area contributed by atoms with Gasteiger partial charge >= 0.3 is 12.1 Å². The second-order valence-electron chi connectivity index (χ2n) is 3.83. The van der Waals surface area contributed by atoms with Gasteiger partial charge in [0, 0.05) is 23.1 Å². The van der Waals surface area contributed by atoms with Gasteiger partial charge in [-0.2, -0.15) is 13.2 Å². The van der Waals surface area contributed by atoms with Crippen LogP contribution in [0.3, 0.4) is 0 Å². The Balaban J connectivity index is 2.59. The largest absolute Gasteiger partial charge is 0.469 e. The molecule has 0 saturated carbocycles. The quantitative estimate of drug-likeness (QED) is 0.654. The fourth-order valence-corrected chi connectivity index (χ4v) is 1.92. The van der Waals surface area contributed by atoms with E-state index in [-0.39, 0.29) is 12.4 Å². The molecule has 0 aliphatic carbocycles. The molecular weight excluding hydrogens is 327 g/mol. The van der Waals surface area contributed by atoms with Crippen LogP contribution in [0.25, 0.3) is 0 Å². The van der Waals surface area contributed by atoms with Crippen LogP contribution < -0.4 is 5.32 Å². The molecule has 3 nitrogen and oxygen atoms in total. The topological polar surface area (TPSA) is 38.3 Å². The Labute approximate surface area is 117 Å². The number of carbonyl (C=O) groups excluding carboxylic acids is 1. The normalized spacial score (nSPS) is 11.2. The van der Waals surface area contributed by atoms with Gasteiger partial charge in [-0.25, -0.2) is 0 Å². The number of anilines is 1. The number of nitrogens with one attached hydrogen (secondary N) is 1. The van der Waals surface area contributed by atoms with Crippen LogP contribution in [-0.4, -0.2) is 19.6 Å². The minimum Gasteiger partial charge on any atom is -0.469 e. The van der Waals surface area contributed by atoms with Crippen molar-refractivity contribution < 1.29 is 22.7 Å². The lowest BCUT2D eigenvalue weighted by atomic mass is 10.2. The van der Waals surface area contributed by atoms with Crippen LogP contribution in [0.4, 0.5) is 18.9 Å². The van der Waals surface area contributed by atoms with Crippen molar-refractivity contribution >= 4 is 27.6 Å². The number of hydrogen-bond acceptors (Lipinski definition) is 3. The number of halogens is 4. The van der Waals surface area contributed by atoms with E-state index in [4.69, 9.17) is 0 Å². The van der Waals surface area contributed by atoms with E-state index in [1.165, 1.54) is 7.11 Å². The molecule has 0 atom stereocenters. The van der Waals surface area contributed by atoms with E-state index < -0.39 is 11.7 Å².